The van der Waals surface area contributed by atoms with Gasteiger partial charge in [0.15, 0.2) is 0 Å². The molecule has 1 heterocycles. The highest BCUT2D eigenvalue weighted by atomic mass is 32.2. The summed E-state index contributed by atoms with van der Waals surface area (Å²) in [7, 11) is -3.02. The van der Waals surface area contributed by atoms with E-state index in [1.807, 2.05) is 6.92 Å². The molecule has 0 aromatic rings. The van der Waals surface area contributed by atoms with Crippen LogP contribution in [0.2, 0.25) is 0 Å². The lowest BCUT2D eigenvalue weighted by atomic mass is 9.69. The molecule has 1 spiro atoms. The van der Waals surface area contributed by atoms with Crippen molar-refractivity contribution < 1.29 is 8.42 Å². The molecule has 0 atom stereocenters. The van der Waals surface area contributed by atoms with Crippen LogP contribution in [0, 0.1) is 5.41 Å². The molecular formula is C11H22N2O2S. The van der Waals surface area contributed by atoms with Gasteiger partial charge >= 0.3 is 0 Å². The summed E-state index contributed by atoms with van der Waals surface area (Å²) in [6.07, 6.45) is 5.03. The van der Waals surface area contributed by atoms with Crippen LogP contribution >= 0.6 is 0 Å². The van der Waals surface area contributed by atoms with Crippen LogP contribution < -0.4 is 10.0 Å². The van der Waals surface area contributed by atoms with Crippen molar-refractivity contribution in [3.05, 3.63) is 0 Å². The van der Waals surface area contributed by atoms with Gasteiger partial charge in [0.1, 0.15) is 0 Å². The summed E-state index contributed by atoms with van der Waals surface area (Å²) in [6, 6.07) is 0.183. The number of nitrogens with one attached hydrogen (secondary N) is 2. The number of sulfonamides is 1. The topological polar surface area (TPSA) is 58.2 Å². The van der Waals surface area contributed by atoms with E-state index in [1.165, 1.54) is 12.8 Å². The predicted molar refractivity (Wildman–Crippen MR) is 64.8 cm³/mol. The lowest BCUT2D eigenvalue weighted by Gasteiger charge is -2.47. The van der Waals surface area contributed by atoms with Crippen molar-refractivity contribution in [1.29, 1.82) is 0 Å². The SMILES string of the molecule is CCCS(=O)(=O)NC1CCC2(CC1)CNC2. The molecule has 1 saturated heterocycles. The molecule has 0 radical (unpaired) electrons. The molecule has 0 aromatic heterocycles. The minimum atomic E-state index is -3.02. The largest absolute Gasteiger partial charge is 0.316 e. The minimum Gasteiger partial charge on any atom is -0.316 e. The fourth-order valence-electron chi connectivity index (χ4n) is 2.76. The normalized spacial score (nSPS) is 25.6. The van der Waals surface area contributed by atoms with Crippen molar-refractivity contribution >= 4 is 10.0 Å². The second-order valence-corrected chi connectivity index (χ2v) is 7.19. The smallest absolute Gasteiger partial charge is 0.211 e. The molecule has 94 valence electrons. The van der Waals surface area contributed by atoms with Gasteiger partial charge in [0.2, 0.25) is 10.0 Å². The second-order valence-electron chi connectivity index (χ2n) is 5.31. The molecule has 4 nitrogen and oxygen atoms in total. The molecule has 2 aliphatic rings. The fourth-order valence-corrected chi connectivity index (χ4v) is 4.16. The number of rotatable bonds is 4. The Bertz CT molecular complexity index is 326. The zero-order valence-electron chi connectivity index (χ0n) is 9.96. The average Bonchev–Trinajstić information content (AvgIpc) is 2.15. The summed E-state index contributed by atoms with van der Waals surface area (Å²) in [6.45, 7) is 4.15. The first-order valence-corrected chi connectivity index (χ1v) is 7.91. The van der Waals surface area contributed by atoms with Crippen LogP contribution in [0.25, 0.3) is 0 Å². The van der Waals surface area contributed by atoms with E-state index in [-0.39, 0.29) is 11.8 Å². The predicted octanol–water partition coefficient (Wildman–Crippen LogP) is 0.848. The Kier molecular flexibility index (Phi) is 3.56. The van der Waals surface area contributed by atoms with Gasteiger partial charge in [-0.25, -0.2) is 13.1 Å². The van der Waals surface area contributed by atoms with E-state index in [9.17, 15) is 8.42 Å². The van der Waals surface area contributed by atoms with E-state index >= 15 is 0 Å². The number of hydrogen-bond acceptors (Lipinski definition) is 3. The molecular weight excluding hydrogens is 224 g/mol. The summed E-state index contributed by atoms with van der Waals surface area (Å²) < 4.78 is 26.1. The quantitative estimate of drug-likeness (QED) is 0.773. The summed E-state index contributed by atoms with van der Waals surface area (Å²) in [5.41, 5.74) is 0.507. The molecule has 0 aromatic carbocycles. The average molecular weight is 246 g/mol. The molecule has 1 aliphatic heterocycles. The lowest BCUT2D eigenvalue weighted by molar-refractivity contribution is 0.0956. The Labute approximate surface area is 98.2 Å². The second kappa shape index (κ2) is 4.63. The Hall–Kier alpha value is -0.130. The van der Waals surface area contributed by atoms with Gasteiger partial charge in [0.25, 0.3) is 0 Å². The van der Waals surface area contributed by atoms with Crippen molar-refractivity contribution in [1.82, 2.24) is 10.0 Å². The van der Waals surface area contributed by atoms with E-state index in [4.69, 9.17) is 0 Å². The molecule has 5 heteroatoms. The lowest BCUT2D eigenvalue weighted by Crippen LogP contribution is -2.56. The van der Waals surface area contributed by atoms with Crippen LogP contribution in [0.3, 0.4) is 0 Å². The number of hydrogen-bond donors (Lipinski definition) is 2. The summed E-state index contributed by atoms with van der Waals surface area (Å²) in [5, 5.41) is 3.32. The summed E-state index contributed by atoms with van der Waals surface area (Å²) in [5.74, 6) is 0.260. The zero-order valence-corrected chi connectivity index (χ0v) is 10.8. The maximum Gasteiger partial charge on any atom is 0.211 e. The first kappa shape index (κ1) is 12.3. The standard InChI is InChI=1S/C11H22N2O2S/c1-2-7-16(14,15)13-10-3-5-11(6-4-10)8-12-9-11/h10,12-13H,2-9H2,1H3. The van der Waals surface area contributed by atoms with E-state index < -0.39 is 10.0 Å². The van der Waals surface area contributed by atoms with Crippen LogP contribution in [-0.2, 0) is 10.0 Å². The van der Waals surface area contributed by atoms with Crippen LogP contribution in [0.15, 0.2) is 0 Å². The van der Waals surface area contributed by atoms with Crippen LogP contribution in [0.5, 0.6) is 0 Å². The van der Waals surface area contributed by atoms with Crippen LogP contribution in [0.1, 0.15) is 39.0 Å². The first-order chi connectivity index (χ1) is 7.55. The summed E-state index contributed by atoms with van der Waals surface area (Å²) in [4.78, 5) is 0. The molecule has 0 unspecified atom stereocenters. The third-order valence-corrected chi connectivity index (χ3v) is 5.50. The molecule has 0 bridgehead atoms. The maximum absolute atomic E-state index is 11.6. The Balaban J connectivity index is 1.81. The highest BCUT2D eigenvalue weighted by Crippen LogP contribution is 2.39. The van der Waals surface area contributed by atoms with Crippen molar-refractivity contribution in [2.45, 2.75) is 45.1 Å². The van der Waals surface area contributed by atoms with E-state index in [2.05, 4.69) is 10.0 Å². The maximum atomic E-state index is 11.6. The van der Waals surface area contributed by atoms with E-state index in [1.54, 1.807) is 0 Å². The monoisotopic (exact) mass is 246 g/mol. The molecule has 1 saturated carbocycles. The van der Waals surface area contributed by atoms with Crippen LogP contribution in [-0.4, -0.2) is 33.3 Å². The highest BCUT2D eigenvalue weighted by molar-refractivity contribution is 7.89. The van der Waals surface area contributed by atoms with Gasteiger partial charge in [-0.05, 0) is 37.5 Å². The van der Waals surface area contributed by atoms with Crippen molar-refractivity contribution in [3.8, 4) is 0 Å². The Morgan fingerprint density at radius 3 is 2.38 bits per heavy atom. The molecule has 2 rings (SSSR count). The third kappa shape index (κ3) is 2.76. The van der Waals surface area contributed by atoms with E-state index in [0.717, 1.165) is 25.9 Å². The van der Waals surface area contributed by atoms with Gasteiger partial charge in [-0.15, -0.1) is 0 Å². The van der Waals surface area contributed by atoms with Gasteiger partial charge < -0.3 is 5.32 Å². The first-order valence-electron chi connectivity index (χ1n) is 6.26. The Morgan fingerprint density at radius 1 is 1.31 bits per heavy atom. The Morgan fingerprint density at radius 2 is 1.94 bits per heavy atom. The summed E-state index contributed by atoms with van der Waals surface area (Å²) >= 11 is 0. The van der Waals surface area contributed by atoms with Crippen LogP contribution in [0.4, 0.5) is 0 Å². The molecule has 2 N–H and O–H groups in total. The zero-order chi connectivity index (χ0) is 11.6. The van der Waals surface area contributed by atoms with Gasteiger partial charge in [-0.3, -0.25) is 0 Å². The van der Waals surface area contributed by atoms with Crippen molar-refractivity contribution in [3.63, 3.8) is 0 Å². The molecule has 2 fully saturated rings. The van der Waals surface area contributed by atoms with Gasteiger partial charge in [-0.2, -0.15) is 0 Å². The highest BCUT2D eigenvalue weighted by Gasteiger charge is 2.40. The van der Waals surface area contributed by atoms with Gasteiger partial charge in [-0.1, -0.05) is 6.92 Å². The third-order valence-electron chi connectivity index (χ3n) is 3.87. The minimum absolute atomic E-state index is 0.183. The van der Waals surface area contributed by atoms with Gasteiger partial charge in [0.05, 0.1) is 5.75 Å². The van der Waals surface area contributed by atoms with Crippen molar-refractivity contribution in [2.24, 2.45) is 5.41 Å². The fraction of sp³-hybridized carbons (Fsp3) is 1.00. The van der Waals surface area contributed by atoms with Gasteiger partial charge in [0, 0.05) is 19.1 Å². The van der Waals surface area contributed by atoms with Crippen molar-refractivity contribution in [2.75, 3.05) is 18.8 Å². The molecule has 0 amide bonds. The van der Waals surface area contributed by atoms with E-state index in [0.29, 0.717) is 11.8 Å². The molecule has 1 aliphatic carbocycles. The molecule has 16 heavy (non-hydrogen) atoms.